The summed E-state index contributed by atoms with van der Waals surface area (Å²) < 4.78 is 33.1. The van der Waals surface area contributed by atoms with Crippen molar-refractivity contribution in [1.29, 1.82) is 5.26 Å². The van der Waals surface area contributed by atoms with E-state index in [0.29, 0.717) is 11.3 Å². The Bertz CT molecular complexity index is 1600. The van der Waals surface area contributed by atoms with Gasteiger partial charge in [0.2, 0.25) is 0 Å². The molecule has 41 heavy (non-hydrogen) atoms. The number of aromatic nitrogens is 2. The Morgan fingerprint density at radius 2 is 1.90 bits per heavy atom. The van der Waals surface area contributed by atoms with Gasteiger partial charge in [-0.1, -0.05) is 13.8 Å². The van der Waals surface area contributed by atoms with Gasteiger partial charge in [0.05, 0.1) is 50.8 Å². The summed E-state index contributed by atoms with van der Waals surface area (Å²) in [5.74, 6) is -1.21. The molecular weight excluding hydrogens is 553 g/mol. The minimum atomic E-state index is -1.08. The van der Waals surface area contributed by atoms with Crippen LogP contribution in [0.5, 0.6) is 5.75 Å². The maximum Gasteiger partial charge on any atom is 0.348 e. The molecule has 12 heteroatoms. The van der Waals surface area contributed by atoms with Crippen molar-refractivity contribution in [3.05, 3.63) is 60.9 Å². The number of hydrogen-bond donors (Lipinski definition) is 0. The molecule has 0 saturated carbocycles. The number of nitriles is 1. The van der Waals surface area contributed by atoms with E-state index in [9.17, 15) is 23.6 Å². The second kappa shape index (κ2) is 13.7. The van der Waals surface area contributed by atoms with Gasteiger partial charge in [-0.3, -0.25) is 14.2 Å². The number of rotatable bonds is 13. The molecule has 2 atom stereocenters. The first-order chi connectivity index (χ1) is 19.5. The number of halogens is 1. The van der Waals surface area contributed by atoms with Crippen molar-refractivity contribution < 1.29 is 28.2 Å². The number of Topliss-reactive ketones (excluding diaryl/α,β-unsaturated/α-hetero) is 1. The van der Waals surface area contributed by atoms with Crippen molar-refractivity contribution in [3.8, 4) is 11.8 Å². The van der Waals surface area contributed by atoms with E-state index in [0.717, 1.165) is 15.9 Å². The molecule has 0 aliphatic rings. The molecule has 0 fully saturated rings. The lowest BCUT2D eigenvalue weighted by Crippen LogP contribution is -2.44. The van der Waals surface area contributed by atoms with Gasteiger partial charge in [-0.2, -0.15) is 5.26 Å². The molecule has 2 heterocycles. The zero-order valence-corrected chi connectivity index (χ0v) is 24.8. The zero-order chi connectivity index (χ0) is 30.4. The number of ketones is 1. The van der Waals surface area contributed by atoms with E-state index >= 15 is 0 Å². The fourth-order valence-corrected chi connectivity index (χ4v) is 5.78. The maximum atomic E-state index is 14.4. The van der Waals surface area contributed by atoms with Crippen molar-refractivity contribution in [2.75, 3.05) is 20.3 Å². The van der Waals surface area contributed by atoms with Crippen LogP contribution in [0.15, 0.2) is 27.8 Å². The highest BCUT2D eigenvalue weighted by Crippen LogP contribution is 2.33. The van der Waals surface area contributed by atoms with Crippen molar-refractivity contribution >= 4 is 33.3 Å². The number of benzene rings is 1. The molecule has 0 spiro atoms. The zero-order valence-electron chi connectivity index (χ0n) is 24.0. The third-order valence-electron chi connectivity index (χ3n) is 6.59. The number of esters is 1. The average molecular weight is 588 g/mol. The maximum absolute atomic E-state index is 14.4. The summed E-state index contributed by atoms with van der Waals surface area (Å²) in [5.41, 5.74) is -0.871. The number of hydrogen-bond acceptors (Lipinski definition) is 9. The number of fused-ring (bicyclic) bond motifs is 1. The van der Waals surface area contributed by atoms with Crippen LogP contribution >= 0.6 is 11.3 Å². The summed E-state index contributed by atoms with van der Waals surface area (Å²) in [5, 5.41) is 9.16. The van der Waals surface area contributed by atoms with E-state index < -0.39 is 35.2 Å². The second-order valence-electron chi connectivity index (χ2n) is 9.92. The van der Waals surface area contributed by atoms with Crippen LogP contribution < -0.4 is 16.0 Å². The fourth-order valence-electron chi connectivity index (χ4n) is 4.59. The lowest BCUT2D eigenvalue weighted by atomic mass is 10.0. The van der Waals surface area contributed by atoms with Gasteiger partial charge in [-0.05, 0) is 50.5 Å². The molecule has 2 aromatic heterocycles. The molecule has 220 valence electrons. The molecule has 1 aromatic carbocycles. The lowest BCUT2D eigenvalue weighted by Gasteiger charge is -2.23. The van der Waals surface area contributed by atoms with Gasteiger partial charge in [-0.25, -0.2) is 18.5 Å². The monoisotopic (exact) mass is 587 g/mol. The first-order valence-electron chi connectivity index (χ1n) is 13.3. The minimum absolute atomic E-state index is 0.00302. The highest BCUT2D eigenvalue weighted by Gasteiger charge is 2.29. The number of nitrogens with zero attached hydrogens (tertiary/aromatic N) is 3. The highest BCUT2D eigenvalue weighted by molar-refractivity contribution is 7.20. The fraction of sp³-hybridized carbons (Fsp3) is 0.483. The molecule has 0 bridgehead atoms. The van der Waals surface area contributed by atoms with Crippen LogP contribution in [0.3, 0.4) is 0 Å². The number of ether oxygens (including phenoxy) is 3. The molecule has 0 unspecified atom stereocenters. The second-order valence-corrected chi connectivity index (χ2v) is 10.9. The van der Waals surface area contributed by atoms with E-state index in [-0.39, 0.29) is 65.0 Å². The van der Waals surface area contributed by atoms with Crippen molar-refractivity contribution in [1.82, 2.24) is 9.13 Å². The topological polar surface area (TPSA) is 130 Å². The van der Waals surface area contributed by atoms with Crippen LogP contribution in [0.1, 0.15) is 73.5 Å². The third kappa shape index (κ3) is 6.74. The van der Waals surface area contributed by atoms with Gasteiger partial charge in [0.25, 0.3) is 5.56 Å². The average Bonchev–Trinajstić information content (AvgIpc) is 3.27. The first kappa shape index (κ1) is 31.7. The number of thiophene rings is 1. The molecule has 0 radical (unpaired) electrons. The Morgan fingerprint density at radius 3 is 2.51 bits per heavy atom. The summed E-state index contributed by atoms with van der Waals surface area (Å²) in [6.07, 6.45) is -0.803. The quantitative estimate of drug-likeness (QED) is 0.208. The molecule has 0 N–H and O–H groups in total. The predicted molar refractivity (Wildman–Crippen MR) is 152 cm³/mol. The van der Waals surface area contributed by atoms with Gasteiger partial charge < -0.3 is 14.2 Å². The lowest BCUT2D eigenvalue weighted by molar-refractivity contribution is -0.122. The summed E-state index contributed by atoms with van der Waals surface area (Å²) in [6.45, 7) is 8.31. The standard InChI is InChI=1S/C29H34FN3O7S/c1-7-39-28(36)25-17(4)24-26(35)33(18(5)21(34)13-16(2)3)29(37)32(27(24)41-25)15-23(40-12-8-11-31)20-14-19(30)9-10-22(20)38-6/h9-10,14,16,18,23H,7-8,12-13,15H2,1-6H3/t18-,23-/m0/s1. The van der Waals surface area contributed by atoms with Crippen LogP contribution in [0, 0.1) is 30.0 Å². The summed E-state index contributed by atoms with van der Waals surface area (Å²) in [6, 6.07) is 4.75. The molecule has 0 aliphatic heterocycles. The Labute approximate surface area is 240 Å². The Balaban J connectivity index is 2.34. The van der Waals surface area contributed by atoms with Crippen LogP contribution in [0.2, 0.25) is 0 Å². The molecule has 0 amide bonds. The molecule has 3 aromatic rings. The number of carbonyl (C=O) groups is 2. The molecule has 0 aliphatic carbocycles. The van der Waals surface area contributed by atoms with E-state index in [1.807, 2.05) is 19.9 Å². The van der Waals surface area contributed by atoms with E-state index in [2.05, 4.69) is 0 Å². The van der Waals surface area contributed by atoms with Gasteiger partial charge in [-0.15, -0.1) is 11.3 Å². The number of aryl methyl sites for hydroxylation is 1. The smallest absolute Gasteiger partial charge is 0.348 e. The van der Waals surface area contributed by atoms with Crippen molar-refractivity contribution in [3.63, 3.8) is 0 Å². The summed E-state index contributed by atoms with van der Waals surface area (Å²) in [7, 11) is 1.41. The van der Waals surface area contributed by atoms with E-state index in [4.69, 9.17) is 19.5 Å². The van der Waals surface area contributed by atoms with Crippen LogP contribution in [-0.4, -0.2) is 41.2 Å². The largest absolute Gasteiger partial charge is 0.496 e. The van der Waals surface area contributed by atoms with Gasteiger partial charge in [0.1, 0.15) is 27.4 Å². The van der Waals surface area contributed by atoms with E-state index in [1.165, 1.54) is 36.8 Å². The summed E-state index contributed by atoms with van der Waals surface area (Å²) >= 11 is 0.922. The van der Waals surface area contributed by atoms with E-state index in [1.54, 1.807) is 13.8 Å². The number of carbonyl (C=O) groups excluding carboxylic acids is 2. The molecule has 3 rings (SSSR count). The Hall–Kier alpha value is -3.82. The predicted octanol–water partition coefficient (Wildman–Crippen LogP) is 4.71. The van der Waals surface area contributed by atoms with Crippen LogP contribution in [-0.2, 0) is 20.8 Å². The normalized spacial score (nSPS) is 12.8. The SMILES string of the molecule is CCOC(=O)c1sc2c(c1C)c(=O)n([C@@H](C)C(=O)CC(C)C)c(=O)n2C[C@H](OCCC#N)c1cc(F)ccc1OC. The van der Waals surface area contributed by atoms with Crippen LogP contribution in [0.4, 0.5) is 4.39 Å². The summed E-state index contributed by atoms with van der Waals surface area (Å²) in [4.78, 5) is 53.9. The van der Waals surface area contributed by atoms with Gasteiger partial charge >= 0.3 is 11.7 Å². The van der Waals surface area contributed by atoms with Crippen LogP contribution in [0.25, 0.3) is 10.2 Å². The Morgan fingerprint density at radius 1 is 1.20 bits per heavy atom. The first-order valence-corrected chi connectivity index (χ1v) is 14.1. The molecule has 10 nitrogen and oxygen atoms in total. The van der Waals surface area contributed by atoms with Gasteiger partial charge in [0, 0.05) is 12.0 Å². The van der Waals surface area contributed by atoms with Crippen molar-refractivity contribution in [2.45, 2.75) is 66.2 Å². The third-order valence-corrected chi connectivity index (χ3v) is 7.88. The number of methoxy groups -OCH3 is 1. The minimum Gasteiger partial charge on any atom is -0.496 e. The Kier molecular flexibility index (Phi) is 10.6. The molecular formula is C29H34FN3O7S. The highest BCUT2D eigenvalue weighted by atomic mass is 32.1. The molecule has 0 saturated heterocycles. The van der Waals surface area contributed by atoms with Gasteiger partial charge in [0.15, 0.2) is 5.78 Å². The van der Waals surface area contributed by atoms with Crippen molar-refractivity contribution in [2.24, 2.45) is 5.92 Å².